The minimum absolute atomic E-state index is 0.0845. The van der Waals surface area contributed by atoms with E-state index in [2.05, 4.69) is 10.6 Å². The van der Waals surface area contributed by atoms with Gasteiger partial charge in [-0.2, -0.15) is 0 Å². The monoisotopic (exact) mass is 361 g/mol. The largest absolute Gasteiger partial charge is 0.372 e. The number of carbonyl (C=O) groups is 4. The van der Waals surface area contributed by atoms with E-state index in [1.54, 1.807) is 19.1 Å². The van der Waals surface area contributed by atoms with Crippen LogP contribution in [0.4, 0.5) is 5.69 Å². The molecular weight excluding hydrogens is 342 g/mol. The minimum Gasteiger partial charge on any atom is -0.372 e. The van der Waals surface area contributed by atoms with Crippen molar-refractivity contribution in [2.45, 2.75) is 32.0 Å². The molecule has 0 saturated carbocycles. The molecule has 4 amide bonds. The summed E-state index contributed by atoms with van der Waals surface area (Å²) in [5.74, 6) is -1.97. The van der Waals surface area contributed by atoms with Gasteiger partial charge in [-0.3, -0.25) is 29.4 Å². The van der Waals surface area contributed by atoms with Crippen LogP contribution in [0.5, 0.6) is 0 Å². The number of ether oxygens (including phenoxy) is 1. The average Bonchev–Trinajstić information content (AvgIpc) is 2.85. The highest BCUT2D eigenvalue weighted by molar-refractivity contribution is 6.07. The second-order valence-corrected chi connectivity index (χ2v) is 6.01. The van der Waals surface area contributed by atoms with E-state index in [0.29, 0.717) is 6.61 Å². The molecule has 3 N–H and O–H groups in total. The van der Waals surface area contributed by atoms with Crippen LogP contribution in [-0.2, 0) is 19.1 Å². The van der Waals surface area contributed by atoms with E-state index in [1.807, 2.05) is 0 Å². The van der Waals surface area contributed by atoms with Crippen LogP contribution in [0, 0.1) is 0 Å². The van der Waals surface area contributed by atoms with Crippen LogP contribution >= 0.6 is 0 Å². The molecule has 2 atom stereocenters. The number of fused-ring (bicyclic) bond motifs is 1. The second-order valence-electron chi connectivity index (χ2n) is 6.01. The molecule has 0 aromatic heterocycles. The number of carbonyl (C=O) groups excluding carboxylic acids is 4. The molecule has 9 nitrogen and oxygen atoms in total. The third-order valence-electron chi connectivity index (χ3n) is 4.35. The van der Waals surface area contributed by atoms with E-state index >= 15 is 0 Å². The third-order valence-corrected chi connectivity index (χ3v) is 4.35. The van der Waals surface area contributed by atoms with Crippen molar-refractivity contribution in [2.75, 3.05) is 18.5 Å². The van der Waals surface area contributed by atoms with Gasteiger partial charge in [0.05, 0.1) is 0 Å². The lowest BCUT2D eigenvalue weighted by atomic mass is 10.0. The fourth-order valence-electron chi connectivity index (χ4n) is 3.17. The number of imide groups is 1. The normalized spacial score (nSPS) is 22.2. The van der Waals surface area contributed by atoms with E-state index in [1.165, 1.54) is 6.07 Å². The number of aliphatic hydroxyl groups excluding tert-OH is 1. The first-order valence-corrected chi connectivity index (χ1v) is 8.29. The second kappa shape index (κ2) is 7.22. The Morgan fingerprint density at radius 1 is 1.38 bits per heavy atom. The first kappa shape index (κ1) is 18.0. The highest BCUT2D eigenvalue weighted by atomic mass is 16.5. The molecule has 9 heteroatoms. The fourth-order valence-corrected chi connectivity index (χ4v) is 3.17. The molecule has 0 aliphatic carbocycles. The number of rotatable bonds is 5. The maximum atomic E-state index is 12.7. The zero-order valence-electron chi connectivity index (χ0n) is 14.2. The molecule has 0 spiro atoms. The molecule has 1 fully saturated rings. The van der Waals surface area contributed by atoms with Crippen LogP contribution < -0.4 is 10.6 Å². The summed E-state index contributed by atoms with van der Waals surface area (Å²) < 4.78 is 5.04. The van der Waals surface area contributed by atoms with Gasteiger partial charge in [0, 0.05) is 29.8 Å². The van der Waals surface area contributed by atoms with Crippen LogP contribution in [-0.4, -0.2) is 52.9 Å². The van der Waals surface area contributed by atoms with Crippen LogP contribution in [0.2, 0.25) is 0 Å². The topological polar surface area (TPSA) is 125 Å². The molecule has 2 heterocycles. The van der Waals surface area contributed by atoms with Crippen LogP contribution in [0.3, 0.4) is 0 Å². The molecule has 2 aliphatic heterocycles. The number of aliphatic hydroxyl groups is 1. The molecule has 0 radical (unpaired) electrons. The van der Waals surface area contributed by atoms with Gasteiger partial charge >= 0.3 is 0 Å². The molecule has 0 bridgehead atoms. The predicted octanol–water partition coefficient (Wildman–Crippen LogP) is -0.0865. The summed E-state index contributed by atoms with van der Waals surface area (Å²) in [6.45, 7) is 1.99. The molecule has 1 saturated heterocycles. The zero-order valence-corrected chi connectivity index (χ0v) is 14.2. The Balaban J connectivity index is 1.87. The van der Waals surface area contributed by atoms with Crippen molar-refractivity contribution >= 4 is 29.3 Å². The van der Waals surface area contributed by atoms with E-state index in [4.69, 9.17) is 4.74 Å². The van der Waals surface area contributed by atoms with Gasteiger partial charge in [-0.1, -0.05) is 6.07 Å². The summed E-state index contributed by atoms with van der Waals surface area (Å²) in [5.41, 5.74) is 0.714. The van der Waals surface area contributed by atoms with Gasteiger partial charge in [-0.15, -0.1) is 0 Å². The summed E-state index contributed by atoms with van der Waals surface area (Å²) in [6.07, 6.45) is -1.18. The van der Waals surface area contributed by atoms with Crippen molar-refractivity contribution in [1.82, 2.24) is 10.2 Å². The Morgan fingerprint density at radius 3 is 2.85 bits per heavy atom. The lowest BCUT2D eigenvalue weighted by molar-refractivity contribution is -0.139. The molecule has 1 aromatic rings. The highest BCUT2D eigenvalue weighted by Crippen LogP contribution is 2.39. The zero-order chi connectivity index (χ0) is 18.8. The number of nitrogens with zero attached hydrogens (tertiary/aromatic N) is 1. The number of hydrogen-bond acceptors (Lipinski definition) is 6. The maximum absolute atomic E-state index is 12.7. The smallest absolute Gasteiger partial charge is 0.257 e. The Morgan fingerprint density at radius 2 is 2.15 bits per heavy atom. The van der Waals surface area contributed by atoms with Crippen LogP contribution in [0.1, 0.15) is 41.9 Å². The lowest BCUT2D eigenvalue weighted by Gasteiger charge is -2.32. The van der Waals surface area contributed by atoms with Crippen LogP contribution in [0.15, 0.2) is 18.2 Å². The summed E-state index contributed by atoms with van der Waals surface area (Å²) in [4.78, 5) is 49.1. The lowest BCUT2D eigenvalue weighted by Crippen LogP contribution is -2.53. The number of piperidine rings is 1. The summed E-state index contributed by atoms with van der Waals surface area (Å²) in [7, 11) is 0. The van der Waals surface area contributed by atoms with E-state index in [9.17, 15) is 24.3 Å². The summed E-state index contributed by atoms with van der Waals surface area (Å²) in [5, 5.41) is 15.5. The van der Waals surface area contributed by atoms with Crippen molar-refractivity contribution in [2.24, 2.45) is 0 Å². The van der Waals surface area contributed by atoms with Crippen molar-refractivity contribution in [3.8, 4) is 0 Å². The van der Waals surface area contributed by atoms with Crippen molar-refractivity contribution in [3.63, 3.8) is 0 Å². The van der Waals surface area contributed by atoms with Gasteiger partial charge in [-0.05, 0) is 25.5 Å². The fraction of sp³-hybridized carbons (Fsp3) is 0.412. The predicted molar refractivity (Wildman–Crippen MR) is 88.9 cm³/mol. The Hall–Kier alpha value is -2.78. The average molecular weight is 361 g/mol. The van der Waals surface area contributed by atoms with Gasteiger partial charge < -0.3 is 15.2 Å². The first-order chi connectivity index (χ1) is 12.4. The SMILES string of the molecule is CCOCC(=O)Nc1cccc2c1C(O)N(C1CCC(=O)NC1=O)C2=O. The van der Waals surface area contributed by atoms with Crippen molar-refractivity contribution in [3.05, 3.63) is 29.3 Å². The number of amides is 4. The number of anilines is 1. The van der Waals surface area contributed by atoms with E-state index in [-0.39, 0.29) is 36.3 Å². The number of hydrogen-bond donors (Lipinski definition) is 3. The maximum Gasteiger partial charge on any atom is 0.257 e. The van der Waals surface area contributed by atoms with Crippen molar-refractivity contribution in [1.29, 1.82) is 0 Å². The molecule has 2 unspecified atom stereocenters. The Bertz CT molecular complexity index is 778. The van der Waals surface area contributed by atoms with Gasteiger partial charge in [0.15, 0.2) is 6.23 Å². The Kier molecular flexibility index (Phi) is 5.01. The quantitative estimate of drug-likeness (QED) is 0.630. The number of benzene rings is 1. The highest BCUT2D eigenvalue weighted by Gasteiger charge is 2.45. The van der Waals surface area contributed by atoms with Gasteiger partial charge in [0.25, 0.3) is 5.91 Å². The van der Waals surface area contributed by atoms with Crippen LogP contribution in [0.25, 0.3) is 0 Å². The molecular formula is C17H19N3O6. The standard InChI is InChI=1S/C17H19N3O6/c1-2-26-8-13(22)18-10-5-3-4-9-14(10)17(25)20(16(9)24)11-6-7-12(21)19-15(11)23/h3-5,11,17,25H,2,6-8H2,1H3,(H,18,22)(H,19,21,23). The number of nitrogens with one attached hydrogen (secondary N) is 2. The van der Waals surface area contributed by atoms with Gasteiger partial charge in [0.1, 0.15) is 12.6 Å². The first-order valence-electron chi connectivity index (χ1n) is 8.29. The molecule has 138 valence electrons. The van der Waals surface area contributed by atoms with E-state index < -0.39 is 35.9 Å². The Labute approximate surface area is 149 Å². The molecule has 3 rings (SSSR count). The summed E-state index contributed by atoms with van der Waals surface area (Å²) in [6, 6.07) is 3.71. The molecule has 1 aromatic carbocycles. The van der Waals surface area contributed by atoms with Gasteiger partial charge in [0.2, 0.25) is 17.7 Å². The molecule has 2 aliphatic rings. The van der Waals surface area contributed by atoms with E-state index in [0.717, 1.165) is 4.90 Å². The third kappa shape index (κ3) is 3.18. The minimum atomic E-state index is -1.40. The summed E-state index contributed by atoms with van der Waals surface area (Å²) >= 11 is 0. The van der Waals surface area contributed by atoms with Gasteiger partial charge in [-0.25, -0.2) is 0 Å². The van der Waals surface area contributed by atoms with Crippen molar-refractivity contribution < 1.29 is 29.0 Å². The molecule has 26 heavy (non-hydrogen) atoms.